The second-order valence-electron chi connectivity index (χ2n) is 3.24. The molecule has 1 rings (SSSR count). The van der Waals surface area contributed by atoms with Crippen molar-refractivity contribution >= 4 is 12.2 Å². The first kappa shape index (κ1) is 11.2. The molecule has 0 heterocycles. The van der Waals surface area contributed by atoms with Gasteiger partial charge in [-0.15, -0.1) is 0 Å². The molecule has 0 unspecified atom stereocenters. The van der Waals surface area contributed by atoms with Gasteiger partial charge in [-0.1, -0.05) is 12.1 Å². The molecule has 1 atom stereocenters. The number of benzene rings is 1. The minimum atomic E-state index is -0.632. The fourth-order valence-corrected chi connectivity index (χ4v) is 1.24. The highest BCUT2D eigenvalue weighted by Crippen LogP contribution is 2.10. The van der Waals surface area contributed by atoms with E-state index >= 15 is 0 Å². The highest BCUT2D eigenvalue weighted by atomic mass is 16.3. The van der Waals surface area contributed by atoms with Crippen LogP contribution in [-0.4, -0.2) is 23.3 Å². The topological polar surface area (TPSA) is 66.4 Å². The van der Waals surface area contributed by atoms with E-state index in [1.807, 2.05) is 0 Å². The Morgan fingerprint density at radius 3 is 2.53 bits per heavy atom. The lowest BCUT2D eigenvalue weighted by Gasteiger charge is -2.10. The minimum Gasteiger partial charge on any atom is -0.508 e. The number of hydrogen-bond donors (Lipinski definition) is 2. The van der Waals surface area contributed by atoms with Crippen molar-refractivity contribution in [3.63, 3.8) is 0 Å². The Labute approximate surface area is 87.9 Å². The lowest BCUT2D eigenvalue weighted by Crippen LogP contribution is -2.35. The molecule has 79 valence electrons. The summed E-state index contributed by atoms with van der Waals surface area (Å²) in [6.07, 6.45) is 2.13. The van der Waals surface area contributed by atoms with E-state index in [0.717, 1.165) is 5.56 Å². The van der Waals surface area contributed by atoms with Crippen LogP contribution in [0.25, 0.3) is 0 Å². The van der Waals surface area contributed by atoms with Crippen LogP contribution in [0.4, 0.5) is 0 Å². The first-order chi connectivity index (χ1) is 7.11. The number of hydrogen-bond acceptors (Lipinski definition) is 3. The molecule has 15 heavy (non-hydrogen) atoms. The molecule has 1 aromatic carbocycles. The van der Waals surface area contributed by atoms with Crippen LogP contribution < -0.4 is 5.32 Å². The molecule has 2 N–H and O–H groups in total. The molecule has 0 aliphatic heterocycles. The van der Waals surface area contributed by atoms with E-state index in [-0.39, 0.29) is 11.7 Å². The summed E-state index contributed by atoms with van der Waals surface area (Å²) < 4.78 is 0. The Morgan fingerprint density at radius 2 is 2.07 bits per heavy atom. The summed E-state index contributed by atoms with van der Waals surface area (Å²) in [5, 5.41) is 11.5. The van der Waals surface area contributed by atoms with Crippen molar-refractivity contribution < 1.29 is 14.7 Å². The van der Waals surface area contributed by atoms with Crippen molar-refractivity contribution in [1.29, 1.82) is 0 Å². The number of phenolic OH excluding ortho intramolecular Hbond substituents is 1. The molecular formula is C11H12NO3. The summed E-state index contributed by atoms with van der Waals surface area (Å²) in [5.74, 6) is -0.0907. The molecule has 0 aliphatic carbocycles. The van der Waals surface area contributed by atoms with Gasteiger partial charge in [-0.25, -0.2) is 0 Å². The summed E-state index contributed by atoms with van der Waals surface area (Å²) in [4.78, 5) is 21.3. The van der Waals surface area contributed by atoms with Crippen LogP contribution in [0.3, 0.4) is 0 Å². The zero-order chi connectivity index (χ0) is 11.3. The van der Waals surface area contributed by atoms with Crippen molar-refractivity contribution in [1.82, 2.24) is 5.32 Å². The van der Waals surface area contributed by atoms with Gasteiger partial charge in [0.2, 0.25) is 12.2 Å². The molecular weight excluding hydrogens is 194 g/mol. The SMILES string of the molecule is CC(=O)N[C@H]([C]=O)Cc1ccc(O)cc1. The van der Waals surface area contributed by atoms with Crippen LogP contribution >= 0.6 is 0 Å². The second kappa shape index (κ2) is 5.14. The van der Waals surface area contributed by atoms with E-state index in [4.69, 9.17) is 5.11 Å². The van der Waals surface area contributed by atoms with E-state index in [1.165, 1.54) is 19.1 Å². The molecule has 0 fully saturated rings. The predicted octanol–water partition coefficient (Wildman–Crippen LogP) is 0.549. The monoisotopic (exact) mass is 206 g/mol. The quantitative estimate of drug-likeness (QED) is 0.756. The Balaban J connectivity index is 2.62. The number of phenols is 1. The highest BCUT2D eigenvalue weighted by molar-refractivity contribution is 5.77. The zero-order valence-electron chi connectivity index (χ0n) is 8.36. The Hall–Kier alpha value is -1.84. The third-order valence-electron chi connectivity index (χ3n) is 1.90. The fraction of sp³-hybridized carbons (Fsp3) is 0.273. The first-order valence-electron chi connectivity index (χ1n) is 4.54. The van der Waals surface area contributed by atoms with E-state index in [0.29, 0.717) is 6.42 Å². The maximum atomic E-state index is 10.7. The lowest BCUT2D eigenvalue weighted by atomic mass is 10.1. The van der Waals surface area contributed by atoms with Gasteiger partial charge < -0.3 is 10.4 Å². The Morgan fingerprint density at radius 1 is 1.47 bits per heavy atom. The van der Waals surface area contributed by atoms with Crippen molar-refractivity contribution in [3.05, 3.63) is 29.8 Å². The standard InChI is InChI=1S/C11H12NO3/c1-8(14)12-10(7-13)6-9-2-4-11(15)5-3-9/h2-5,10,15H,6H2,1H3,(H,12,14)/t10-/m0/s1. The van der Waals surface area contributed by atoms with Crippen molar-refractivity contribution in [3.8, 4) is 5.75 Å². The molecule has 0 saturated heterocycles. The summed E-state index contributed by atoms with van der Waals surface area (Å²) in [6.45, 7) is 1.35. The van der Waals surface area contributed by atoms with Gasteiger partial charge in [-0.05, 0) is 17.7 Å². The molecule has 4 nitrogen and oxygen atoms in total. The van der Waals surface area contributed by atoms with Crippen LogP contribution in [0.2, 0.25) is 0 Å². The molecule has 0 bridgehead atoms. The average molecular weight is 206 g/mol. The largest absolute Gasteiger partial charge is 0.508 e. The van der Waals surface area contributed by atoms with Crippen LogP contribution in [0.5, 0.6) is 5.75 Å². The average Bonchev–Trinajstić information content (AvgIpc) is 2.19. The minimum absolute atomic E-state index is 0.171. The summed E-state index contributed by atoms with van der Waals surface area (Å²) in [6, 6.07) is 5.82. The van der Waals surface area contributed by atoms with E-state index in [9.17, 15) is 9.59 Å². The van der Waals surface area contributed by atoms with Crippen molar-refractivity contribution in [2.45, 2.75) is 19.4 Å². The molecule has 4 heteroatoms. The zero-order valence-corrected chi connectivity index (χ0v) is 8.36. The molecule has 0 saturated carbocycles. The van der Waals surface area contributed by atoms with E-state index < -0.39 is 6.04 Å². The number of rotatable bonds is 4. The normalized spacial score (nSPS) is 11.8. The molecule has 0 aromatic heterocycles. The number of nitrogens with one attached hydrogen (secondary N) is 1. The number of aromatic hydroxyl groups is 1. The lowest BCUT2D eigenvalue weighted by molar-refractivity contribution is -0.119. The molecule has 0 aliphatic rings. The summed E-state index contributed by atoms with van der Waals surface area (Å²) >= 11 is 0. The fourth-order valence-electron chi connectivity index (χ4n) is 1.24. The van der Waals surface area contributed by atoms with Gasteiger partial charge in [0.25, 0.3) is 0 Å². The molecule has 1 radical (unpaired) electrons. The molecule has 1 aromatic rings. The van der Waals surface area contributed by atoms with Crippen LogP contribution in [-0.2, 0) is 16.0 Å². The summed E-state index contributed by atoms with van der Waals surface area (Å²) in [7, 11) is 0. The van der Waals surface area contributed by atoms with E-state index in [1.54, 1.807) is 18.4 Å². The van der Waals surface area contributed by atoms with Gasteiger partial charge in [0.1, 0.15) is 5.75 Å². The van der Waals surface area contributed by atoms with Gasteiger partial charge in [0.15, 0.2) is 0 Å². The molecule has 1 amide bonds. The Bertz CT molecular complexity index is 345. The van der Waals surface area contributed by atoms with Crippen molar-refractivity contribution in [2.24, 2.45) is 0 Å². The maximum Gasteiger partial charge on any atom is 0.223 e. The maximum absolute atomic E-state index is 10.7. The van der Waals surface area contributed by atoms with Crippen LogP contribution in [0.1, 0.15) is 12.5 Å². The van der Waals surface area contributed by atoms with E-state index in [2.05, 4.69) is 5.32 Å². The van der Waals surface area contributed by atoms with Gasteiger partial charge in [0.05, 0.1) is 6.04 Å². The smallest absolute Gasteiger partial charge is 0.223 e. The highest BCUT2D eigenvalue weighted by Gasteiger charge is 2.10. The predicted molar refractivity (Wildman–Crippen MR) is 55.1 cm³/mol. The number of carbonyl (C=O) groups is 1. The van der Waals surface area contributed by atoms with Crippen molar-refractivity contribution in [2.75, 3.05) is 0 Å². The van der Waals surface area contributed by atoms with Crippen LogP contribution in [0, 0.1) is 0 Å². The molecule has 0 spiro atoms. The number of carbonyl (C=O) groups excluding carboxylic acids is 2. The van der Waals surface area contributed by atoms with Crippen LogP contribution in [0.15, 0.2) is 24.3 Å². The van der Waals surface area contributed by atoms with Gasteiger partial charge in [-0.2, -0.15) is 0 Å². The van der Waals surface area contributed by atoms with Gasteiger partial charge in [-0.3, -0.25) is 9.59 Å². The third kappa shape index (κ3) is 3.81. The second-order valence-corrected chi connectivity index (χ2v) is 3.24. The number of amides is 1. The van der Waals surface area contributed by atoms with Gasteiger partial charge in [0, 0.05) is 13.3 Å². The van der Waals surface area contributed by atoms with Gasteiger partial charge >= 0.3 is 0 Å². The Kier molecular flexibility index (Phi) is 3.85. The summed E-state index contributed by atoms with van der Waals surface area (Å²) in [5.41, 5.74) is 0.856. The first-order valence-corrected chi connectivity index (χ1v) is 4.54. The third-order valence-corrected chi connectivity index (χ3v) is 1.90.